The summed E-state index contributed by atoms with van der Waals surface area (Å²) >= 11 is 0. The fourth-order valence-electron chi connectivity index (χ4n) is 1.02. The molecule has 1 aliphatic carbocycles. The third-order valence-corrected chi connectivity index (χ3v) is 1.90. The highest BCUT2D eigenvalue weighted by Gasteiger charge is 2.34. The third-order valence-electron chi connectivity index (χ3n) is 1.90. The Morgan fingerprint density at radius 3 is 2.36 bits per heavy atom. The van der Waals surface area contributed by atoms with Crippen LogP contribution in [0, 0.1) is 0 Å². The molecule has 0 aromatic heterocycles. The number of aliphatic hydroxyl groups excluding tert-OH is 1. The molecule has 0 fully saturated rings. The minimum atomic E-state index is -1.24. The standard InChI is InChI=1S/C8H13NO2/c1-9(2)8(11)6-4-3-5-7(8)10/h3-7,10-11H,1-2H3. The van der Waals surface area contributed by atoms with Gasteiger partial charge in [-0.05, 0) is 20.2 Å². The first-order valence-corrected chi connectivity index (χ1v) is 3.51. The van der Waals surface area contributed by atoms with E-state index >= 15 is 0 Å². The number of nitrogens with zero attached hydrogens (tertiary/aromatic N) is 1. The van der Waals surface area contributed by atoms with Crippen LogP contribution in [0.25, 0.3) is 0 Å². The van der Waals surface area contributed by atoms with E-state index in [0.29, 0.717) is 0 Å². The highest BCUT2D eigenvalue weighted by molar-refractivity contribution is 5.21. The molecule has 1 rings (SSSR count). The lowest BCUT2D eigenvalue weighted by molar-refractivity contribution is -0.108. The normalized spacial score (nSPS) is 36.6. The Balaban J connectivity index is 2.85. The van der Waals surface area contributed by atoms with Gasteiger partial charge in [-0.3, -0.25) is 4.90 Å². The van der Waals surface area contributed by atoms with Gasteiger partial charge in [0.1, 0.15) is 6.10 Å². The average molecular weight is 155 g/mol. The molecular formula is C8H13NO2. The Morgan fingerprint density at radius 1 is 1.36 bits per heavy atom. The van der Waals surface area contributed by atoms with Crippen LogP contribution in [0.1, 0.15) is 0 Å². The molecule has 2 unspecified atom stereocenters. The summed E-state index contributed by atoms with van der Waals surface area (Å²) in [4.78, 5) is 1.57. The summed E-state index contributed by atoms with van der Waals surface area (Å²) in [6.07, 6.45) is 5.70. The Morgan fingerprint density at radius 2 is 2.00 bits per heavy atom. The number of rotatable bonds is 1. The van der Waals surface area contributed by atoms with E-state index in [0.717, 1.165) is 0 Å². The Hall–Kier alpha value is -0.640. The number of hydrogen-bond acceptors (Lipinski definition) is 3. The van der Waals surface area contributed by atoms with E-state index in [2.05, 4.69) is 0 Å². The Labute approximate surface area is 66.3 Å². The van der Waals surface area contributed by atoms with Crippen LogP contribution in [0.3, 0.4) is 0 Å². The number of aliphatic hydroxyl groups is 2. The molecule has 0 aliphatic heterocycles. The van der Waals surface area contributed by atoms with Crippen molar-refractivity contribution in [2.75, 3.05) is 14.1 Å². The first-order valence-electron chi connectivity index (χ1n) is 3.51. The maximum atomic E-state index is 9.75. The van der Waals surface area contributed by atoms with Gasteiger partial charge in [0.05, 0.1) is 0 Å². The fourth-order valence-corrected chi connectivity index (χ4v) is 1.02. The molecule has 3 nitrogen and oxygen atoms in total. The molecule has 3 heteroatoms. The molecule has 11 heavy (non-hydrogen) atoms. The quantitative estimate of drug-likeness (QED) is 0.512. The smallest absolute Gasteiger partial charge is 0.167 e. The number of hydrogen-bond donors (Lipinski definition) is 2. The third kappa shape index (κ3) is 1.35. The van der Waals surface area contributed by atoms with E-state index in [-0.39, 0.29) is 0 Å². The molecule has 0 heterocycles. The molecule has 0 saturated carbocycles. The fraction of sp³-hybridized carbons (Fsp3) is 0.500. The van der Waals surface area contributed by atoms with Crippen molar-refractivity contribution >= 4 is 0 Å². The van der Waals surface area contributed by atoms with Crippen molar-refractivity contribution in [1.29, 1.82) is 0 Å². The van der Waals surface area contributed by atoms with Crippen LogP contribution < -0.4 is 0 Å². The summed E-state index contributed by atoms with van der Waals surface area (Å²) in [5, 5.41) is 19.1. The SMILES string of the molecule is CN(C)C1(O)C=CC=CC1O. The minimum Gasteiger partial charge on any atom is -0.384 e. The molecule has 0 saturated heterocycles. The Bertz CT molecular complexity index is 198. The average Bonchev–Trinajstić information content (AvgIpc) is 1.95. The zero-order valence-electron chi connectivity index (χ0n) is 6.73. The summed E-state index contributed by atoms with van der Waals surface area (Å²) in [6, 6.07) is 0. The summed E-state index contributed by atoms with van der Waals surface area (Å²) in [5.41, 5.74) is -1.24. The summed E-state index contributed by atoms with van der Waals surface area (Å²) in [6.45, 7) is 0. The van der Waals surface area contributed by atoms with Crippen molar-refractivity contribution in [3.63, 3.8) is 0 Å². The zero-order valence-corrected chi connectivity index (χ0v) is 6.73. The monoisotopic (exact) mass is 155 g/mol. The van der Waals surface area contributed by atoms with Crippen molar-refractivity contribution in [3.8, 4) is 0 Å². The van der Waals surface area contributed by atoms with E-state index in [1.807, 2.05) is 0 Å². The minimum absolute atomic E-state index is 0.845. The molecule has 0 spiro atoms. The molecule has 0 bridgehead atoms. The van der Waals surface area contributed by atoms with Gasteiger partial charge in [-0.15, -0.1) is 0 Å². The maximum absolute atomic E-state index is 9.75. The largest absolute Gasteiger partial charge is 0.384 e. The van der Waals surface area contributed by atoms with Gasteiger partial charge in [0.25, 0.3) is 0 Å². The second kappa shape index (κ2) is 2.77. The van der Waals surface area contributed by atoms with Crippen LogP contribution in [-0.2, 0) is 0 Å². The van der Waals surface area contributed by atoms with Gasteiger partial charge in [0, 0.05) is 0 Å². The van der Waals surface area contributed by atoms with Crippen LogP contribution in [-0.4, -0.2) is 41.0 Å². The maximum Gasteiger partial charge on any atom is 0.167 e. The zero-order chi connectivity index (χ0) is 8.48. The summed E-state index contributed by atoms with van der Waals surface area (Å²) in [7, 11) is 3.43. The highest BCUT2D eigenvalue weighted by atomic mass is 16.4. The first kappa shape index (κ1) is 8.46. The van der Waals surface area contributed by atoms with Crippen LogP contribution in [0.5, 0.6) is 0 Å². The van der Waals surface area contributed by atoms with Crippen LogP contribution in [0.2, 0.25) is 0 Å². The van der Waals surface area contributed by atoms with E-state index < -0.39 is 11.8 Å². The molecular weight excluding hydrogens is 142 g/mol. The van der Waals surface area contributed by atoms with Gasteiger partial charge in [-0.1, -0.05) is 18.2 Å². The first-order chi connectivity index (χ1) is 5.07. The predicted octanol–water partition coefficient (Wildman–Crippen LogP) is -0.277. The predicted molar refractivity (Wildman–Crippen MR) is 42.9 cm³/mol. The van der Waals surface area contributed by atoms with Gasteiger partial charge < -0.3 is 10.2 Å². The molecule has 62 valence electrons. The van der Waals surface area contributed by atoms with Crippen molar-refractivity contribution in [1.82, 2.24) is 4.90 Å². The van der Waals surface area contributed by atoms with Crippen molar-refractivity contribution in [3.05, 3.63) is 24.3 Å². The second-order valence-corrected chi connectivity index (χ2v) is 2.87. The van der Waals surface area contributed by atoms with Gasteiger partial charge in [0.15, 0.2) is 5.72 Å². The van der Waals surface area contributed by atoms with E-state index in [4.69, 9.17) is 0 Å². The Kier molecular flexibility index (Phi) is 2.13. The lowest BCUT2D eigenvalue weighted by Gasteiger charge is -2.36. The van der Waals surface area contributed by atoms with Crippen molar-refractivity contribution < 1.29 is 10.2 Å². The van der Waals surface area contributed by atoms with Gasteiger partial charge in [-0.2, -0.15) is 0 Å². The van der Waals surface area contributed by atoms with E-state index in [1.165, 1.54) is 0 Å². The van der Waals surface area contributed by atoms with E-state index in [1.54, 1.807) is 43.3 Å². The molecule has 2 N–H and O–H groups in total. The van der Waals surface area contributed by atoms with Gasteiger partial charge >= 0.3 is 0 Å². The van der Waals surface area contributed by atoms with Crippen LogP contribution in [0.15, 0.2) is 24.3 Å². The lowest BCUT2D eigenvalue weighted by Crippen LogP contribution is -2.52. The molecule has 0 amide bonds. The molecule has 0 aromatic rings. The summed E-state index contributed by atoms with van der Waals surface area (Å²) < 4.78 is 0. The van der Waals surface area contributed by atoms with E-state index in [9.17, 15) is 10.2 Å². The number of likely N-dealkylation sites (N-methyl/N-ethyl adjacent to an activating group) is 1. The molecule has 1 aliphatic rings. The molecule has 0 aromatic carbocycles. The molecule has 2 atom stereocenters. The topological polar surface area (TPSA) is 43.7 Å². The van der Waals surface area contributed by atoms with Crippen molar-refractivity contribution in [2.45, 2.75) is 11.8 Å². The highest BCUT2D eigenvalue weighted by Crippen LogP contribution is 2.19. The number of allylic oxidation sites excluding steroid dienone is 2. The van der Waals surface area contributed by atoms with Gasteiger partial charge in [-0.25, -0.2) is 0 Å². The lowest BCUT2D eigenvalue weighted by atomic mass is 10.0. The molecule has 0 radical (unpaired) electrons. The van der Waals surface area contributed by atoms with Crippen LogP contribution >= 0.6 is 0 Å². The van der Waals surface area contributed by atoms with Crippen LogP contribution in [0.4, 0.5) is 0 Å². The van der Waals surface area contributed by atoms with Crippen molar-refractivity contribution in [2.24, 2.45) is 0 Å². The summed E-state index contributed by atoms with van der Waals surface area (Å²) in [5.74, 6) is 0. The van der Waals surface area contributed by atoms with Gasteiger partial charge in [0.2, 0.25) is 0 Å². The second-order valence-electron chi connectivity index (χ2n) is 2.87.